The highest BCUT2D eigenvalue weighted by Crippen LogP contribution is 2.13. The van der Waals surface area contributed by atoms with Gasteiger partial charge in [0.15, 0.2) is 0 Å². The van der Waals surface area contributed by atoms with E-state index in [2.05, 4.69) is 27.7 Å². The molecule has 1 amide bonds. The van der Waals surface area contributed by atoms with Crippen molar-refractivity contribution in [1.82, 2.24) is 19.6 Å². The number of piperazine rings is 1. The van der Waals surface area contributed by atoms with Crippen LogP contribution in [0, 0.1) is 13.8 Å². The zero-order valence-electron chi connectivity index (χ0n) is 14.2. The van der Waals surface area contributed by atoms with Gasteiger partial charge in [-0.25, -0.2) is 0 Å². The van der Waals surface area contributed by atoms with Crippen molar-refractivity contribution in [3.8, 4) is 0 Å². The fourth-order valence-electron chi connectivity index (χ4n) is 3.09. The lowest BCUT2D eigenvalue weighted by atomic mass is 10.2. The first kappa shape index (κ1) is 17.0. The normalized spacial score (nSPS) is 15.7. The second-order valence-corrected chi connectivity index (χ2v) is 6.73. The number of carbonyl (C=O) groups excluding carboxylic acids is 1. The van der Waals surface area contributed by atoms with Crippen molar-refractivity contribution in [1.29, 1.82) is 0 Å². The van der Waals surface area contributed by atoms with Gasteiger partial charge in [-0.15, -0.1) is 0 Å². The van der Waals surface area contributed by atoms with E-state index in [1.807, 2.05) is 11.8 Å². The lowest BCUT2D eigenvalue weighted by Crippen LogP contribution is -2.49. The second kappa shape index (κ2) is 7.36. The summed E-state index contributed by atoms with van der Waals surface area (Å²) in [6, 6.07) is 9.21. The minimum Gasteiger partial charge on any atom is -0.336 e. The van der Waals surface area contributed by atoms with Crippen LogP contribution in [-0.4, -0.2) is 58.2 Å². The molecule has 5 nitrogen and oxygen atoms in total. The Bertz CT molecular complexity index is 702. The lowest BCUT2D eigenvalue weighted by Gasteiger charge is -2.34. The van der Waals surface area contributed by atoms with E-state index >= 15 is 0 Å². The summed E-state index contributed by atoms with van der Waals surface area (Å²) in [5.74, 6) is 0.0878. The number of aromatic nitrogens is 2. The van der Waals surface area contributed by atoms with Crippen molar-refractivity contribution in [3.05, 3.63) is 52.3 Å². The topological polar surface area (TPSA) is 41.4 Å². The number of rotatable bonds is 4. The monoisotopic (exact) mass is 346 g/mol. The van der Waals surface area contributed by atoms with Gasteiger partial charge in [0.1, 0.15) is 0 Å². The number of carbonyl (C=O) groups is 1. The van der Waals surface area contributed by atoms with E-state index < -0.39 is 0 Å². The molecular formula is C18H23ClN4O. The molecule has 1 aliphatic heterocycles. The van der Waals surface area contributed by atoms with E-state index in [1.165, 1.54) is 5.69 Å². The Labute approximate surface area is 147 Å². The minimum absolute atomic E-state index is 0.0878. The number of amides is 1. The molecule has 1 aromatic heterocycles. The van der Waals surface area contributed by atoms with Gasteiger partial charge in [-0.3, -0.25) is 14.4 Å². The van der Waals surface area contributed by atoms with Crippen molar-refractivity contribution in [2.45, 2.75) is 20.4 Å². The van der Waals surface area contributed by atoms with E-state index in [9.17, 15) is 4.79 Å². The Hall–Kier alpha value is -1.85. The van der Waals surface area contributed by atoms with Crippen LogP contribution in [0.4, 0.5) is 0 Å². The van der Waals surface area contributed by atoms with Gasteiger partial charge in [0.2, 0.25) is 0 Å². The summed E-state index contributed by atoms with van der Waals surface area (Å²) in [4.78, 5) is 16.8. The maximum absolute atomic E-state index is 12.5. The van der Waals surface area contributed by atoms with Gasteiger partial charge in [-0.2, -0.15) is 5.10 Å². The summed E-state index contributed by atoms with van der Waals surface area (Å²) in [6.07, 6.45) is 0. The highest BCUT2D eigenvalue weighted by molar-refractivity contribution is 6.30. The molecule has 128 valence electrons. The Balaban J connectivity index is 1.49. The van der Waals surface area contributed by atoms with Crippen LogP contribution in [0.3, 0.4) is 0 Å². The Morgan fingerprint density at radius 1 is 1.08 bits per heavy atom. The molecule has 0 unspecified atom stereocenters. The summed E-state index contributed by atoms with van der Waals surface area (Å²) in [5.41, 5.74) is 2.96. The molecule has 0 aliphatic carbocycles. The predicted octanol–water partition coefficient (Wildman–Crippen LogP) is 2.61. The molecule has 0 radical (unpaired) electrons. The lowest BCUT2D eigenvalue weighted by molar-refractivity contribution is 0.0632. The first-order valence-electron chi connectivity index (χ1n) is 8.31. The number of hydrogen-bond acceptors (Lipinski definition) is 3. The molecule has 0 spiro atoms. The van der Waals surface area contributed by atoms with Crippen molar-refractivity contribution in [3.63, 3.8) is 0 Å². The number of hydrogen-bond donors (Lipinski definition) is 0. The summed E-state index contributed by atoms with van der Waals surface area (Å²) in [5, 5.41) is 5.15. The molecule has 0 N–H and O–H groups in total. The van der Waals surface area contributed by atoms with E-state index in [1.54, 1.807) is 24.3 Å². The highest BCUT2D eigenvalue weighted by Gasteiger charge is 2.22. The molecule has 1 aromatic carbocycles. The third-order valence-electron chi connectivity index (χ3n) is 4.48. The van der Waals surface area contributed by atoms with Crippen LogP contribution in [0.15, 0.2) is 30.3 Å². The van der Waals surface area contributed by atoms with E-state index in [4.69, 9.17) is 11.6 Å². The third kappa shape index (κ3) is 3.97. The molecule has 0 bridgehead atoms. The van der Waals surface area contributed by atoms with Crippen LogP contribution in [0.5, 0.6) is 0 Å². The first-order chi connectivity index (χ1) is 11.5. The third-order valence-corrected chi connectivity index (χ3v) is 4.73. The van der Waals surface area contributed by atoms with Gasteiger partial charge in [0, 0.05) is 49.0 Å². The van der Waals surface area contributed by atoms with Crippen LogP contribution in [0.25, 0.3) is 0 Å². The maximum atomic E-state index is 12.5. The fraction of sp³-hybridized carbons (Fsp3) is 0.444. The molecular weight excluding hydrogens is 324 g/mol. The molecule has 1 saturated heterocycles. The quantitative estimate of drug-likeness (QED) is 0.854. The van der Waals surface area contributed by atoms with Crippen LogP contribution >= 0.6 is 11.6 Å². The second-order valence-electron chi connectivity index (χ2n) is 6.29. The minimum atomic E-state index is 0.0878. The zero-order chi connectivity index (χ0) is 17.1. The molecule has 3 rings (SSSR count). The standard InChI is InChI=1S/C18H23ClN4O/c1-14-13-15(2)23(20-14)12-9-21-7-10-22(11-8-21)18(24)16-3-5-17(19)6-4-16/h3-6,13H,7-12H2,1-2H3. The van der Waals surface area contributed by atoms with Gasteiger partial charge in [0.05, 0.1) is 12.2 Å². The molecule has 1 aliphatic rings. The van der Waals surface area contributed by atoms with Crippen LogP contribution in [0.1, 0.15) is 21.7 Å². The van der Waals surface area contributed by atoms with Gasteiger partial charge in [0.25, 0.3) is 5.91 Å². The predicted molar refractivity (Wildman–Crippen MR) is 95.5 cm³/mol. The Morgan fingerprint density at radius 2 is 1.75 bits per heavy atom. The SMILES string of the molecule is Cc1cc(C)n(CCN2CCN(C(=O)c3ccc(Cl)cc3)CC2)n1. The van der Waals surface area contributed by atoms with Crippen LogP contribution in [0.2, 0.25) is 5.02 Å². The average Bonchev–Trinajstić information content (AvgIpc) is 2.91. The summed E-state index contributed by atoms with van der Waals surface area (Å²) >= 11 is 5.88. The molecule has 0 atom stereocenters. The molecule has 6 heteroatoms. The number of halogens is 1. The van der Waals surface area contributed by atoms with E-state index in [0.717, 1.165) is 45.0 Å². The number of nitrogens with zero attached hydrogens (tertiary/aromatic N) is 4. The van der Waals surface area contributed by atoms with Gasteiger partial charge < -0.3 is 4.90 Å². The molecule has 0 saturated carbocycles. The van der Waals surface area contributed by atoms with Crippen molar-refractivity contribution >= 4 is 17.5 Å². The Kier molecular flexibility index (Phi) is 5.21. The van der Waals surface area contributed by atoms with E-state index in [0.29, 0.717) is 10.6 Å². The average molecular weight is 347 g/mol. The largest absolute Gasteiger partial charge is 0.336 e. The number of benzene rings is 1. The summed E-state index contributed by atoms with van der Waals surface area (Å²) in [7, 11) is 0. The molecule has 24 heavy (non-hydrogen) atoms. The fourth-order valence-corrected chi connectivity index (χ4v) is 3.21. The van der Waals surface area contributed by atoms with Crippen molar-refractivity contribution < 1.29 is 4.79 Å². The van der Waals surface area contributed by atoms with Crippen molar-refractivity contribution in [2.75, 3.05) is 32.7 Å². The summed E-state index contributed by atoms with van der Waals surface area (Å²) < 4.78 is 2.06. The number of aryl methyl sites for hydroxylation is 2. The van der Waals surface area contributed by atoms with E-state index in [-0.39, 0.29) is 5.91 Å². The summed E-state index contributed by atoms with van der Waals surface area (Å²) in [6.45, 7) is 9.29. The molecule has 1 fully saturated rings. The van der Waals surface area contributed by atoms with Gasteiger partial charge in [-0.05, 0) is 44.2 Å². The van der Waals surface area contributed by atoms with Crippen molar-refractivity contribution in [2.24, 2.45) is 0 Å². The highest BCUT2D eigenvalue weighted by atomic mass is 35.5. The first-order valence-corrected chi connectivity index (χ1v) is 8.69. The smallest absolute Gasteiger partial charge is 0.253 e. The molecule has 2 aromatic rings. The van der Waals surface area contributed by atoms with Crippen LogP contribution < -0.4 is 0 Å². The molecule has 2 heterocycles. The maximum Gasteiger partial charge on any atom is 0.253 e. The zero-order valence-corrected chi connectivity index (χ0v) is 15.0. The van der Waals surface area contributed by atoms with Gasteiger partial charge in [-0.1, -0.05) is 11.6 Å². The van der Waals surface area contributed by atoms with Gasteiger partial charge >= 0.3 is 0 Å². The Morgan fingerprint density at radius 3 is 2.33 bits per heavy atom. The van der Waals surface area contributed by atoms with Crippen LogP contribution in [-0.2, 0) is 6.54 Å².